The van der Waals surface area contributed by atoms with Crippen LogP contribution in [0.25, 0.3) is 0 Å². The van der Waals surface area contributed by atoms with Crippen LogP contribution < -0.4 is 10.6 Å². The Labute approximate surface area is 118 Å². The van der Waals surface area contributed by atoms with E-state index in [1.165, 1.54) is 13.0 Å². The summed E-state index contributed by atoms with van der Waals surface area (Å²) in [6.07, 6.45) is 4.52. The van der Waals surface area contributed by atoms with Crippen LogP contribution >= 0.6 is 0 Å². The van der Waals surface area contributed by atoms with Crippen molar-refractivity contribution in [1.82, 2.24) is 15.5 Å². The maximum absolute atomic E-state index is 12.0. The topological polar surface area (TPSA) is 44.4 Å². The molecule has 1 fully saturated rings. The highest BCUT2D eigenvalue weighted by Crippen LogP contribution is 2.11. The molecule has 0 aromatic rings. The van der Waals surface area contributed by atoms with Crippen LogP contribution in [-0.4, -0.2) is 48.6 Å². The first-order valence-corrected chi connectivity index (χ1v) is 7.85. The van der Waals surface area contributed by atoms with Gasteiger partial charge in [-0.2, -0.15) is 0 Å². The summed E-state index contributed by atoms with van der Waals surface area (Å²) in [4.78, 5) is 14.5. The van der Waals surface area contributed by atoms with E-state index in [0.29, 0.717) is 6.04 Å². The van der Waals surface area contributed by atoms with E-state index >= 15 is 0 Å². The van der Waals surface area contributed by atoms with Gasteiger partial charge in [-0.25, -0.2) is 0 Å². The Morgan fingerprint density at radius 1 is 1.26 bits per heavy atom. The zero-order valence-corrected chi connectivity index (χ0v) is 13.0. The van der Waals surface area contributed by atoms with Crippen LogP contribution in [-0.2, 0) is 4.79 Å². The Morgan fingerprint density at radius 3 is 2.42 bits per heavy atom. The monoisotopic (exact) mass is 269 g/mol. The molecule has 0 radical (unpaired) electrons. The minimum Gasteiger partial charge on any atom is -0.352 e. The van der Waals surface area contributed by atoms with Crippen molar-refractivity contribution in [2.75, 3.05) is 19.6 Å². The Hall–Kier alpha value is -0.610. The van der Waals surface area contributed by atoms with Gasteiger partial charge in [-0.15, -0.1) is 0 Å². The van der Waals surface area contributed by atoms with Gasteiger partial charge in [0.2, 0.25) is 5.91 Å². The summed E-state index contributed by atoms with van der Waals surface area (Å²) in [5.41, 5.74) is 0. The van der Waals surface area contributed by atoms with Crippen LogP contribution in [0.15, 0.2) is 0 Å². The van der Waals surface area contributed by atoms with E-state index in [1.807, 2.05) is 13.8 Å². The third-order valence-corrected chi connectivity index (χ3v) is 4.01. The average Bonchev–Trinajstić information content (AvgIpc) is 2.41. The maximum Gasteiger partial charge on any atom is 0.237 e. The van der Waals surface area contributed by atoms with Crippen LogP contribution in [0.2, 0.25) is 0 Å². The zero-order chi connectivity index (χ0) is 14.3. The Balaban J connectivity index is 2.26. The fraction of sp³-hybridized carbons (Fsp3) is 0.933. The number of nitrogens with one attached hydrogen (secondary N) is 2. The van der Waals surface area contributed by atoms with Gasteiger partial charge in [-0.3, -0.25) is 4.79 Å². The van der Waals surface area contributed by atoms with Gasteiger partial charge in [0.1, 0.15) is 0 Å². The molecular weight excluding hydrogens is 238 g/mol. The van der Waals surface area contributed by atoms with Gasteiger partial charge in [0.05, 0.1) is 6.04 Å². The maximum atomic E-state index is 12.0. The molecule has 4 nitrogen and oxygen atoms in total. The van der Waals surface area contributed by atoms with Crippen LogP contribution in [0.5, 0.6) is 0 Å². The summed E-state index contributed by atoms with van der Waals surface area (Å²) < 4.78 is 0. The van der Waals surface area contributed by atoms with Crippen LogP contribution in [0.4, 0.5) is 0 Å². The Kier molecular flexibility index (Phi) is 7.39. The minimum absolute atomic E-state index is 0.0864. The van der Waals surface area contributed by atoms with Crippen molar-refractivity contribution in [2.45, 2.75) is 71.5 Å². The summed E-state index contributed by atoms with van der Waals surface area (Å²) in [7, 11) is 0. The number of rotatable bonds is 7. The number of likely N-dealkylation sites (tertiary alicyclic amines) is 1. The highest BCUT2D eigenvalue weighted by molar-refractivity contribution is 5.81. The van der Waals surface area contributed by atoms with Gasteiger partial charge in [0, 0.05) is 12.1 Å². The predicted octanol–water partition coefficient (Wildman–Crippen LogP) is 1.75. The van der Waals surface area contributed by atoms with E-state index in [-0.39, 0.29) is 18.0 Å². The summed E-state index contributed by atoms with van der Waals surface area (Å²) in [6.45, 7) is 11.9. The number of piperidine rings is 1. The second kappa shape index (κ2) is 8.54. The number of hydrogen-bond acceptors (Lipinski definition) is 3. The fourth-order valence-electron chi connectivity index (χ4n) is 2.54. The second-order valence-electron chi connectivity index (χ2n) is 5.82. The molecular formula is C15H31N3O. The normalized spacial score (nSPS) is 21.1. The lowest BCUT2D eigenvalue weighted by Gasteiger charge is -2.33. The molecule has 2 atom stereocenters. The van der Waals surface area contributed by atoms with Crippen LogP contribution in [0.1, 0.15) is 53.4 Å². The molecule has 112 valence electrons. The number of nitrogens with zero attached hydrogens (tertiary/aromatic N) is 1. The Morgan fingerprint density at radius 2 is 1.89 bits per heavy atom. The van der Waals surface area contributed by atoms with E-state index in [2.05, 4.69) is 29.4 Å². The molecule has 0 aromatic heterocycles. The van der Waals surface area contributed by atoms with Crippen molar-refractivity contribution in [3.8, 4) is 0 Å². The lowest BCUT2D eigenvalue weighted by Crippen LogP contribution is -2.51. The molecule has 2 unspecified atom stereocenters. The molecule has 1 heterocycles. The SMILES string of the molecule is CCCN1CCC(NC(C)C(=O)NC(C)CC)CC1. The van der Waals surface area contributed by atoms with Gasteiger partial charge < -0.3 is 15.5 Å². The molecule has 1 aliphatic rings. The molecule has 0 aliphatic carbocycles. The van der Waals surface area contributed by atoms with E-state index < -0.39 is 0 Å². The third kappa shape index (κ3) is 5.91. The predicted molar refractivity (Wildman–Crippen MR) is 80.2 cm³/mol. The summed E-state index contributed by atoms with van der Waals surface area (Å²) in [5, 5.41) is 6.51. The lowest BCUT2D eigenvalue weighted by atomic mass is 10.0. The smallest absolute Gasteiger partial charge is 0.237 e. The van der Waals surface area contributed by atoms with Crippen molar-refractivity contribution in [1.29, 1.82) is 0 Å². The number of carbonyl (C=O) groups excluding carboxylic acids is 1. The molecule has 19 heavy (non-hydrogen) atoms. The van der Waals surface area contributed by atoms with Crippen LogP contribution in [0.3, 0.4) is 0 Å². The summed E-state index contributed by atoms with van der Waals surface area (Å²) >= 11 is 0. The molecule has 0 saturated carbocycles. The van der Waals surface area contributed by atoms with E-state index in [0.717, 1.165) is 32.4 Å². The molecule has 0 bridgehead atoms. The van der Waals surface area contributed by atoms with Crippen molar-refractivity contribution in [2.24, 2.45) is 0 Å². The average molecular weight is 269 g/mol. The van der Waals surface area contributed by atoms with Gasteiger partial charge in [-0.05, 0) is 59.2 Å². The van der Waals surface area contributed by atoms with E-state index in [4.69, 9.17) is 0 Å². The first-order valence-electron chi connectivity index (χ1n) is 7.85. The highest BCUT2D eigenvalue weighted by Gasteiger charge is 2.22. The first-order chi connectivity index (χ1) is 9.06. The number of carbonyl (C=O) groups is 1. The van der Waals surface area contributed by atoms with Gasteiger partial charge in [-0.1, -0.05) is 13.8 Å². The third-order valence-electron chi connectivity index (χ3n) is 4.01. The van der Waals surface area contributed by atoms with E-state index in [1.54, 1.807) is 0 Å². The quantitative estimate of drug-likeness (QED) is 0.740. The molecule has 1 rings (SSSR count). The minimum atomic E-state index is -0.0864. The van der Waals surface area contributed by atoms with Crippen molar-refractivity contribution < 1.29 is 4.79 Å². The van der Waals surface area contributed by atoms with Gasteiger partial charge in [0.25, 0.3) is 0 Å². The van der Waals surface area contributed by atoms with Crippen LogP contribution in [0, 0.1) is 0 Å². The molecule has 2 N–H and O–H groups in total. The molecule has 0 spiro atoms. The molecule has 1 aliphatic heterocycles. The number of amides is 1. The first kappa shape index (κ1) is 16.4. The van der Waals surface area contributed by atoms with Crippen molar-refractivity contribution in [3.63, 3.8) is 0 Å². The second-order valence-corrected chi connectivity index (χ2v) is 5.82. The molecule has 0 aromatic carbocycles. The lowest BCUT2D eigenvalue weighted by molar-refractivity contribution is -0.123. The van der Waals surface area contributed by atoms with Crippen molar-refractivity contribution in [3.05, 3.63) is 0 Å². The van der Waals surface area contributed by atoms with Gasteiger partial charge in [0.15, 0.2) is 0 Å². The largest absolute Gasteiger partial charge is 0.352 e. The van der Waals surface area contributed by atoms with E-state index in [9.17, 15) is 4.79 Å². The Bertz CT molecular complexity index is 262. The summed E-state index contributed by atoms with van der Waals surface area (Å²) in [5.74, 6) is 0.130. The van der Waals surface area contributed by atoms with Gasteiger partial charge >= 0.3 is 0 Å². The fourth-order valence-corrected chi connectivity index (χ4v) is 2.54. The highest BCUT2D eigenvalue weighted by atomic mass is 16.2. The molecule has 4 heteroatoms. The molecule has 1 saturated heterocycles. The zero-order valence-electron chi connectivity index (χ0n) is 13.0. The molecule has 1 amide bonds. The van der Waals surface area contributed by atoms with Crippen molar-refractivity contribution >= 4 is 5.91 Å². The summed E-state index contributed by atoms with van der Waals surface area (Å²) in [6, 6.07) is 0.672. The standard InChI is InChI=1S/C15H31N3O/c1-5-9-18-10-7-14(8-11-18)17-13(4)15(19)16-12(3)6-2/h12-14,17H,5-11H2,1-4H3,(H,16,19). The number of hydrogen-bond donors (Lipinski definition) is 2.